The van der Waals surface area contributed by atoms with Crippen LogP contribution in [0, 0.1) is 0 Å². The number of hydrogen-bond acceptors (Lipinski definition) is 4. The van der Waals surface area contributed by atoms with E-state index in [0.717, 1.165) is 44.3 Å². The van der Waals surface area contributed by atoms with Crippen molar-refractivity contribution >= 4 is 33.2 Å². The number of nitrogens with zero attached hydrogens (tertiary/aromatic N) is 2. The number of piperidine rings is 1. The van der Waals surface area contributed by atoms with Crippen LogP contribution in [0.25, 0.3) is 0 Å². The van der Waals surface area contributed by atoms with Gasteiger partial charge < -0.3 is 10.2 Å². The lowest BCUT2D eigenvalue weighted by atomic mass is 10.00. The van der Waals surface area contributed by atoms with Gasteiger partial charge in [0.15, 0.2) is 0 Å². The Hall–Kier alpha value is -1.52. The van der Waals surface area contributed by atoms with Crippen molar-refractivity contribution in [3.05, 3.63) is 28.8 Å². The second kappa shape index (κ2) is 10.9. The summed E-state index contributed by atoms with van der Waals surface area (Å²) in [4.78, 5) is 14.7. The average Bonchev–Trinajstić information content (AvgIpc) is 2.68. The number of halogens is 4. The molecule has 11 heteroatoms. The Labute approximate surface area is 186 Å². The summed E-state index contributed by atoms with van der Waals surface area (Å²) >= 11 is 5.96. The molecule has 0 spiro atoms. The molecule has 1 fully saturated rings. The van der Waals surface area contributed by atoms with Crippen LogP contribution in [0.5, 0.6) is 0 Å². The second-order valence-corrected chi connectivity index (χ2v) is 10.0. The standard InChI is InChI=1S/C20H29ClF3N3O3S/c1-3-16-7-4-5-11-26(16)12-6-10-25-19(28)14-27(31(2,29)30)18-13-15(20(22,23)24)8-9-17(18)21/h8-9,13,16H,3-7,10-12,14H2,1-2H3,(H,25,28). The van der Waals surface area contributed by atoms with Gasteiger partial charge >= 0.3 is 6.18 Å². The number of rotatable bonds is 9. The van der Waals surface area contributed by atoms with Crippen molar-refractivity contribution in [2.75, 3.05) is 36.7 Å². The van der Waals surface area contributed by atoms with Crippen LogP contribution in [-0.2, 0) is 21.0 Å². The Morgan fingerprint density at radius 3 is 2.65 bits per heavy atom. The summed E-state index contributed by atoms with van der Waals surface area (Å²) < 4.78 is 64.1. The Bertz CT molecular complexity index is 865. The van der Waals surface area contributed by atoms with E-state index >= 15 is 0 Å². The van der Waals surface area contributed by atoms with Gasteiger partial charge in [-0.15, -0.1) is 0 Å². The van der Waals surface area contributed by atoms with E-state index in [2.05, 4.69) is 17.1 Å². The average molecular weight is 484 g/mol. The lowest BCUT2D eigenvalue weighted by Gasteiger charge is -2.35. The lowest BCUT2D eigenvalue weighted by molar-refractivity contribution is -0.137. The Balaban J connectivity index is 2.00. The Morgan fingerprint density at radius 1 is 1.32 bits per heavy atom. The van der Waals surface area contributed by atoms with Gasteiger partial charge in [-0.05, 0) is 50.4 Å². The quantitative estimate of drug-likeness (QED) is 0.541. The highest BCUT2D eigenvalue weighted by molar-refractivity contribution is 7.92. The molecule has 0 aliphatic carbocycles. The molecule has 1 N–H and O–H groups in total. The normalized spacial score (nSPS) is 18.1. The number of alkyl halides is 3. The van der Waals surface area contributed by atoms with E-state index in [1.54, 1.807) is 0 Å². The van der Waals surface area contributed by atoms with Crippen molar-refractivity contribution in [3.8, 4) is 0 Å². The van der Waals surface area contributed by atoms with Crippen LogP contribution in [0.1, 0.15) is 44.6 Å². The number of benzene rings is 1. The van der Waals surface area contributed by atoms with Crippen LogP contribution in [-0.4, -0.2) is 57.7 Å². The molecule has 0 aromatic heterocycles. The molecule has 1 saturated heterocycles. The maximum absolute atomic E-state index is 13.0. The molecule has 31 heavy (non-hydrogen) atoms. The van der Waals surface area contributed by atoms with Crippen LogP contribution in [0.15, 0.2) is 18.2 Å². The van der Waals surface area contributed by atoms with Crippen LogP contribution in [0.3, 0.4) is 0 Å². The molecule has 1 heterocycles. The molecule has 1 aliphatic heterocycles. The summed E-state index contributed by atoms with van der Waals surface area (Å²) in [6, 6.07) is 2.92. The van der Waals surface area contributed by atoms with Gasteiger partial charge in [-0.25, -0.2) is 8.42 Å². The number of anilines is 1. The monoisotopic (exact) mass is 483 g/mol. The molecule has 0 radical (unpaired) electrons. The largest absolute Gasteiger partial charge is 0.416 e. The van der Waals surface area contributed by atoms with E-state index in [-0.39, 0.29) is 10.7 Å². The molecule has 1 aromatic carbocycles. The van der Waals surface area contributed by atoms with Crippen molar-refractivity contribution in [3.63, 3.8) is 0 Å². The molecule has 1 atom stereocenters. The number of carbonyl (C=O) groups excluding carboxylic acids is 1. The first kappa shape index (κ1) is 25.7. The summed E-state index contributed by atoms with van der Waals surface area (Å²) in [6.45, 7) is 3.71. The van der Waals surface area contributed by atoms with Crippen molar-refractivity contribution in [2.24, 2.45) is 0 Å². The molecule has 1 unspecified atom stereocenters. The third kappa shape index (κ3) is 7.54. The molecule has 2 rings (SSSR count). The fraction of sp³-hybridized carbons (Fsp3) is 0.650. The topological polar surface area (TPSA) is 69.7 Å². The number of sulfonamides is 1. The Morgan fingerprint density at radius 2 is 2.03 bits per heavy atom. The lowest BCUT2D eigenvalue weighted by Crippen LogP contribution is -2.42. The first-order chi connectivity index (χ1) is 14.4. The minimum atomic E-state index is -4.67. The van der Waals surface area contributed by atoms with E-state index in [1.807, 2.05) is 0 Å². The molecule has 176 valence electrons. The number of amides is 1. The van der Waals surface area contributed by atoms with Crippen LogP contribution in [0.4, 0.5) is 18.9 Å². The Kier molecular flexibility index (Phi) is 9.03. The van der Waals surface area contributed by atoms with Crippen LogP contribution in [0.2, 0.25) is 5.02 Å². The van der Waals surface area contributed by atoms with Gasteiger partial charge in [0.2, 0.25) is 15.9 Å². The fourth-order valence-electron chi connectivity index (χ4n) is 3.77. The first-order valence-corrected chi connectivity index (χ1v) is 12.5. The van der Waals surface area contributed by atoms with Gasteiger partial charge in [0.1, 0.15) is 6.54 Å². The number of hydrogen-bond donors (Lipinski definition) is 1. The van der Waals surface area contributed by atoms with Gasteiger partial charge in [0.05, 0.1) is 22.5 Å². The van der Waals surface area contributed by atoms with Gasteiger partial charge in [0, 0.05) is 19.1 Å². The van der Waals surface area contributed by atoms with E-state index in [4.69, 9.17) is 11.6 Å². The van der Waals surface area contributed by atoms with Crippen LogP contribution >= 0.6 is 11.6 Å². The van der Waals surface area contributed by atoms with Gasteiger partial charge in [0.25, 0.3) is 0 Å². The summed E-state index contributed by atoms with van der Waals surface area (Å²) in [5.74, 6) is -0.607. The molecule has 0 bridgehead atoms. The van der Waals surface area contributed by atoms with E-state index in [9.17, 15) is 26.4 Å². The first-order valence-electron chi connectivity index (χ1n) is 10.3. The molecule has 1 aliphatic rings. The highest BCUT2D eigenvalue weighted by Gasteiger charge is 2.33. The second-order valence-electron chi connectivity index (χ2n) is 7.73. The molecule has 0 saturated carbocycles. The fourth-order valence-corrected chi connectivity index (χ4v) is 4.90. The van der Waals surface area contributed by atoms with Crippen molar-refractivity contribution in [1.29, 1.82) is 0 Å². The van der Waals surface area contributed by atoms with Crippen molar-refractivity contribution in [2.45, 2.75) is 51.2 Å². The van der Waals surface area contributed by atoms with Gasteiger partial charge in [-0.1, -0.05) is 24.9 Å². The predicted octanol–water partition coefficient (Wildman–Crippen LogP) is 3.90. The van der Waals surface area contributed by atoms with Crippen LogP contribution < -0.4 is 9.62 Å². The van der Waals surface area contributed by atoms with Crippen molar-refractivity contribution < 1.29 is 26.4 Å². The highest BCUT2D eigenvalue weighted by Crippen LogP contribution is 2.36. The third-order valence-corrected chi connectivity index (χ3v) is 6.84. The summed E-state index contributed by atoms with van der Waals surface area (Å²) in [5.41, 5.74) is -1.43. The summed E-state index contributed by atoms with van der Waals surface area (Å²) in [7, 11) is -4.04. The van der Waals surface area contributed by atoms with E-state index in [1.165, 1.54) is 12.8 Å². The highest BCUT2D eigenvalue weighted by atomic mass is 35.5. The van der Waals surface area contributed by atoms with E-state index in [0.29, 0.717) is 29.4 Å². The zero-order chi connectivity index (χ0) is 23.2. The predicted molar refractivity (Wildman–Crippen MR) is 116 cm³/mol. The maximum atomic E-state index is 13.0. The van der Waals surface area contributed by atoms with E-state index < -0.39 is 34.2 Å². The van der Waals surface area contributed by atoms with Gasteiger partial charge in [-0.2, -0.15) is 13.2 Å². The number of nitrogens with one attached hydrogen (secondary N) is 1. The minimum absolute atomic E-state index is 0.193. The van der Waals surface area contributed by atoms with Gasteiger partial charge in [-0.3, -0.25) is 9.10 Å². The zero-order valence-corrected chi connectivity index (χ0v) is 19.3. The third-order valence-electron chi connectivity index (χ3n) is 5.39. The zero-order valence-electron chi connectivity index (χ0n) is 17.7. The molecule has 6 nitrogen and oxygen atoms in total. The minimum Gasteiger partial charge on any atom is -0.354 e. The number of carbonyl (C=O) groups is 1. The summed E-state index contributed by atoms with van der Waals surface area (Å²) in [5, 5.41) is 2.46. The molecular weight excluding hydrogens is 455 g/mol. The maximum Gasteiger partial charge on any atom is 0.416 e. The van der Waals surface area contributed by atoms with Crippen molar-refractivity contribution in [1.82, 2.24) is 10.2 Å². The summed E-state index contributed by atoms with van der Waals surface area (Å²) in [6.07, 6.45) is 1.48. The smallest absolute Gasteiger partial charge is 0.354 e. The molecular formula is C20H29ClF3N3O3S. The SMILES string of the molecule is CCC1CCCCN1CCCNC(=O)CN(c1cc(C(F)(F)F)ccc1Cl)S(C)(=O)=O. The molecule has 1 aromatic rings. The molecule has 1 amide bonds. The number of likely N-dealkylation sites (tertiary alicyclic amines) is 1.